The van der Waals surface area contributed by atoms with E-state index in [2.05, 4.69) is 48.7 Å². The van der Waals surface area contributed by atoms with Gasteiger partial charge in [-0.1, -0.05) is 56.2 Å². The van der Waals surface area contributed by atoms with Gasteiger partial charge in [0.05, 0.1) is 6.61 Å². The van der Waals surface area contributed by atoms with Crippen molar-refractivity contribution in [3.05, 3.63) is 36.5 Å². The van der Waals surface area contributed by atoms with Gasteiger partial charge in [-0.2, -0.15) is 0 Å². The predicted octanol–water partition coefficient (Wildman–Crippen LogP) is 4.68. The molecule has 2 N–H and O–H groups in total. The van der Waals surface area contributed by atoms with E-state index in [1.807, 2.05) is 0 Å². The van der Waals surface area contributed by atoms with E-state index in [9.17, 15) is 4.79 Å². The maximum absolute atomic E-state index is 11.3. The lowest BCUT2D eigenvalue weighted by molar-refractivity contribution is -0.121. The van der Waals surface area contributed by atoms with Gasteiger partial charge in [-0.3, -0.25) is 4.79 Å². The first kappa shape index (κ1) is 21.6. The minimum atomic E-state index is 0.0106. The molecule has 3 heteroatoms. The van der Waals surface area contributed by atoms with Gasteiger partial charge in [-0.25, -0.2) is 0 Å². The third-order valence-corrected chi connectivity index (χ3v) is 3.48. The maximum atomic E-state index is 11.3. The average Bonchev–Trinajstić information content (AvgIpc) is 2.56. The van der Waals surface area contributed by atoms with E-state index in [1.54, 1.807) is 0 Å². The Labute approximate surface area is 142 Å². The number of carbonyl (C=O) groups excluding carboxylic acids is 1. The van der Waals surface area contributed by atoms with Crippen molar-refractivity contribution in [1.82, 2.24) is 5.32 Å². The lowest BCUT2D eigenvalue weighted by Gasteiger charge is -2.01. The van der Waals surface area contributed by atoms with E-state index >= 15 is 0 Å². The predicted molar refractivity (Wildman–Crippen MR) is 99.4 cm³/mol. The van der Waals surface area contributed by atoms with Crippen LogP contribution in [-0.2, 0) is 4.79 Å². The van der Waals surface area contributed by atoms with Gasteiger partial charge in [-0.05, 0) is 44.9 Å². The Morgan fingerprint density at radius 1 is 0.870 bits per heavy atom. The monoisotopic (exact) mass is 321 g/mol. The Morgan fingerprint density at radius 3 is 2.00 bits per heavy atom. The van der Waals surface area contributed by atoms with Crippen molar-refractivity contribution < 1.29 is 9.90 Å². The molecule has 3 nitrogen and oxygen atoms in total. The molecule has 0 aromatic carbocycles. The molecule has 0 saturated carbocycles. The smallest absolute Gasteiger partial charge is 0.220 e. The zero-order valence-corrected chi connectivity index (χ0v) is 14.8. The highest BCUT2D eigenvalue weighted by Gasteiger charge is 1.98. The molecule has 132 valence electrons. The lowest BCUT2D eigenvalue weighted by Crippen LogP contribution is -2.25. The Morgan fingerprint density at radius 2 is 1.43 bits per heavy atom. The van der Waals surface area contributed by atoms with Crippen LogP contribution in [-0.4, -0.2) is 24.2 Å². The first-order valence-corrected chi connectivity index (χ1v) is 9.13. The summed E-state index contributed by atoms with van der Waals surface area (Å²) in [5.41, 5.74) is 0. The third-order valence-electron chi connectivity index (χ3n) is 3.48. The lowest BCUT2D eigenvalue weighted by atomic mass is 10.1. The summed E-state index contributed by atoms with van der Waals surface area (Å²) in [6.45, 7) is 2.60. The van der Waals surface area contributed by atoms with Gasteiger partial charge in [0.1, 0.15) is 0 Å². The van der Waals surface area contributed by atoms with Crippen molar-refractivity contribution in [3.8, 4) is 0 Å². The van der Waals surface area contributed by atoms with Crippen LogP contribution in [0.4, 0.5) is 0 Å². The molecule has 0 spiro atoms. The summed E-state index contributed by atoms with van der Waals surface area (Å²) in [7, 11) is 0. The second-order valence-corrected chi connectivity index (χ2v) is 5.70. The van der Waals surface area contributed by atoms with Crippen LogP contribution in [0.3, 0.4) is 0 Å². The van der Waals surface area contributed by atoms with Gasteiger partial charge in [0.25, 0.3) is 0 Å². The topological polar surface area (TPSA) is 49.3 Å². The summed E-state index contributed by atoms with van der Waals surface area (Å²) in [6.07, 6.45) is 24.0. The van der Waals surface area contributed by atoms with E-state index < -0.39 is 0 Å². The highest BCUT2D eigenvalue weighted by atomic mass is 16.3. The van der Waals surface area contributed by atoms with Crippen LogP contribution >= 0.6 is 0 Å². The number of aliphatic hydroxyl groups is 1. The maximum Gasteiger partial charge on any atom is 0.220 e. The highest BCUT2D eigenvalue weighted by molar-refractivity contribution is 5.75. The number of hydrogen-bond donors (Lipinski definition) is 2. The van der Waals surface area contributed by atoms with E-state index in [1.165, 1.54) is 25.7 Å². The first-order valence-electron chi connectivity index (χ1n) is 9.13. The molecule has 0 rings (SSSR count). The fourth-order valence-electron chi connectivity index (χ4n) is 2.12. The van der Waals surface area contributed by atoms with Gasteiger partial charge in [0.15, 0.2) is 0 Å². The molecule has 0 saturated heterocycles. The van der Waals surface area contributed by atoms with E-state index in [0.717, 1.165) is 32.1 Å². The Hall–Kier alpha value is -1.35. The normalized spacial score (nSPS) is 11.9. The van der Waals surface area contributed by atoms with Crippen LogP contribution in [0.2, 0.25) is 0 Å². The molecule has 0 aliphatic carbocycles. The standard InChI is InChI=1S/C20H35NO2/c1-2-3-4-5-6-7-8-9-10-11-12-13-14-15-16-17-20(23)21-18-19-22/h6-7,9-10,12-13,22H,2-5,8,11,14-19H2,1H3,(H,21,23)/b7-6-,10-9-,13-12-. The number of hydrogen-bond acceptors (Lipinski definition) is 2. The van der Waals surface area contributed by atoms with Crippen LogP contribution in [0.5, 0.6) is 0 Å². The molecule has 0 unspecified atom stereocenters. The van der Waals surface area contributed by atoms with Gasteiger partial charge in [0, 0.05) is 13.0 Å². The zero-order valence-electron chi connectivity index (χ0n) is 14.8. The summed E-state index contributed by atoms with van der Waals surface area (Å²) in [5, 5.41) is 11.2. The largest absolute Gasteiger partial charge is 0.395 e. The summed E-state index contributed by atoms with van der Waals surface area (Å²) in [4.78, 5) is 11.3. The number of amides is 1. The molecule has 0 aliphatic heterocycles. The van der Waals surface area contributed by atoms with Crippen LogP contribution in [0.25, 0.3) is 0 Å². The molecule has 0 fully saturated rings. The Balaban J connectivity index is 3.36. The van der Waals surface area contributed by atoms with Crippen molar-refractivity contribution in [2.75, 3.05) is 13.2 Å². The van der Waals surface area contributed by atoms with Crippen molar-refractivity contribution >= 4 is 5.91 Å². The number of unbranched alkanes of at least 4 members (excludes halogenated alkanes) is 5. The first-order chi connectivity index (χ1) is 11.3. The molecule has 0 atom stereocenters. The van der Waals surface area contributed by atoms with E-state index in [0.29, 0.717) is 13.0 Å². The van der Waals surface area contributed by atoms with Crippen molar-refractivity contribution in [2.24, 2.45) is 0 Å². The molecule has 0 bridgehead atoms. The number of nitrogens with one attached hydrogen (secondary N) is 1. The van der Waals surface area contributed by atoms with Gasteiger partial charge in [-0.15, -0.1) is 0 Å². The second-order valence-electron chi connectivity index (χ2n) is 5.70. The molecule has 0 radical (unpaired) electrons. The number of carbonyl (C=O) groups is 1. The van der Waals surface area contributed by atoms with Crippen LogP contribution in [0.1, 0.15) is 71.1 Å². The van der Waals surface area contributed by atoms with Gasteiger partial charge in [0.2, 0.25) is 5.91 Å². The zero-order chi connectivity index (χ0) is 17.0. The molecule has 23 heavy (non-hydrogen) atoms. The Bertz CT molecular complexity index is 346. The quantitative estimate of drug-likeness (QED) is 0.340. The minimum Gasteiger partial charge on any atom is -0.395 e. The average molecular weight is 322 g/mol. The molecule has 0 aromatic rings. The SMILES string of the molecule is CCCCC/C=C\C/C=C\C/C=C\CCCCC(=O)NCCO. The Kier molecular flexibility index (Phi) is 17.6. The van der Waals surface area contributed by atoms with Crippen LogP contribution in [0.15, 0.2) is 36.5 Å². The summed E-state index contributed by atoms with van der Waals surface area (Å²) in [6, 6.07) is 0. The highest BCUT2D eigenvalue weighted by Crippen LogP contribution is 2.02. The van der Waals surface area contributed by atoms with E-state index in [4.69, 9.17) is 5.11 Å². The van der Waals surface area contributed by atoms with Gasteiger partial charge >= 0.3 is 0 Å². The number of allylic oxidation sites excluding steroid dienone is 6. The summed E-state index contributed by atoms with van der Waals surface area (Å²) in [5.74, 6) is 0.0358. The summed E-state index contributed by atoms with van der Waals surface area (Å²) < 4.78 is 0. The molecule has 0 heterocycles. The third kappa shape index (κ3) is 18.6. The molecular weight excluding hydrogens is 286 g/mol. The van der Waals surface area contributed by atoms with Crippen LogP contribution < -0.4 is 5.32 Å². The van der Waals surface area contributed by atoms with Crippen LogP contribution in [0, 0.1) is 0 Å². The minimum absolute atomic E-state index is 0.0106. The molecule has 1 amide bonds. The van der Waals surface area contributed by atoms with Gasteiger partial charge < -0.3 is 10.4 Å². The van der Waals surface area contributed by atoms with E-state index in [-0.39, 0.29) is 12.5 Å². The van der Waals surface area contributed by atoms with Crippen molar-refractivity contribution in [2.45, 2.75) is 71.1 Å². The number of aliphatic hydroxyl groups excluding tert-OH is 1. The fraction of sp³-hybridized carbons (Fsp3) is 0.650. The molecular formula is C20H35NO2. The summed E-state index contributed by atoms with van der Waals surface area (Å²) >= 11 is 0. The fourth-order valence-corrected chi connectivity index (χ4v) is 2.12. The van der Waals surface area contributed by atoms with Crippen molar-refractivity contribution in [1.29, 1.82) is 0 Å². The number of rotatable bonds is 15. The molecule has 0 aliphatic rings. The molecule has 0 aromatic heterocycles. The van der Waals surface area contributed by atoms with Crippen molar-refractivity contribution in [3.63, 3.8) is 0 Å². The second kappa shape index (κ2) is 18.7.